The summed E-state index contributed by atoms with van der Waals surface area (Å²) in [6, 6.07) is 0. The Balaban J connectivity index is 2.15. The van der Waals surface area contributed by atoms with E-state index in [-0.39, 0.29) is 5.91 Å². The van der Waals surface area contributed by atoms with E-state index in [1.807, 2.05) is 4.90 Å². The minimum atomic E-state index is -0.435. The van der Waals surface area contributed by atoms with E-state index in [4.69, 9.17) is 0 Å². The van der Waals surface area contributed by atoms with Crippen LogP contribution in [-0.4, -0.2) is 54.0 Å². The maximum absolute atomic E-state index is 13.8. The van der Waals surface area contributed by atoms with Gasteiger partial charge in [-0.2, -0.15) is 4.98 Å². The van der Waals surface area contributed by atoms with Crippen molar-refractivity contribution in [3.8, 4) is 0 Å². The Morgan fingerprint density at radius 2 is 2.16 bits per heavy atom. The van der Waals surface area contributed by atoms with Gasteiger partial charge in [-0.05, 0) is 6.42 Å². The molecule has 1 fully saturated rings. The molecule has 104 valence electrons. The predicted molar refractivity (Wildman–Crippen MR) is 70.6 cm³/mol. The van der Waals surface area contributed by atoms with E-state index in [0.29, 0.717) is 37.9 Å². The second-order valence-corrected chi connectivity index (χ2v) is 4.46. The number of aromatic nitrogens is 2. The summed E-state index contributed by atoms with van der Waals surface area (Å²) >= 11 is 0. The van der Waals surface area contributed by atoms with Gasteiger partial charge in [0.15, 0.2) is 11.6 Å². The van der Waals surface area contributed by atoms with Crippen molar-refractivity contribution in [3.63, 3.8) is 0 Å². The van der Waals surface area contributed by atoms with Gasteiger partial charge in [-0.15, -0.1) is 0 Å². The van der Waals surface area contributed by atoms with E-state index < -0.39 is 5.82 Å². The maximum Gasteiger partial charge on any atom is 0.224 e. The fraction of sp³-hybridized carbons (Fsp3) is 0.583. The SMILES string of the molecule is CNc1ncc(F)c(N2CCCN(C(C)=O)CC2)n1. The number of carbonyl (C=O) groups is 1. The van der Waals surface area contributed by atoms with E-state index in [2.05, 4.69) is 15.3 Å². The van der Waals surface area contributed by atoms with Crippen LogP contribution in [0.25, 0.3) is 0 Å². The van der Waals surface area contributed by atoms with Gasteiger partial charge in [0.05, 0.1) is 6.20 Å². The van der Waals surface area contributed by atoms with Crippen LogP contribution in [0.1, 0.15) is 13.3 Å². The minimum absolute atomic E-state index is 0.0564. The first-order valence-corrected chi connectivity index (χ1v) is 6.32. The molecule has 0 saturated carbocycles. The zero-order chi connectivity index (χ0) is 13.8. The van der Waals surface area contributed by atoms with Crippen molar-refractivity contribution in [2.45, 2.75) is 13.3 Å². The van der Waals surface area contributed by atoms with Gasteiger partial charge in [0, 0.05) is 40.2 Å². The molecule has 1 saturated heterocycles. The van der Waals surface area contributed by atoms with Crippen LogP contribution >= 0.6 is 0 Å². The van der Waals surface area contributed by atoms with Crippen molar-refractivity contribution in [1.82, 2.24) is 14.9 Å². The lowest BCUT2D eigenvalue weighted by atomic mass is 10.3. The summed E-state index contributed by atoms with van der Waals surface area (Å²) in [5.41, 5.74) is 0. The Hall–Kier alpha value is -1.92. The van der Waals surface area contributed by atoms with Gasteiger partial charge in [-0.1, -0.05) is 0 Å². The topological polar surface area (TPSA) is 61.4 Å². The third-order valence-electron chi connectivity index (χ3n) is 3.19. The molecule has 0 unspecified atom stereocenters. The number of nitrogens with one attached hydrogen (secondary N) is 1. The van der Waals surface area contributed by atoms with Crippen molar-refractivity contribution < 1.29 is 9.18 Å². The Bertz CT molecular complexity index is 467. The summed E-state index contributed by atoms with van der Waals surface area (Å²) in [5.74, 6) is 0.310. The Kier molecular flexibility index (Phi) is 4.13. The van der Waals surface area contributed by atoms with Gasteiger partial charge in [-0.25, -0.2) is 9.37 Å². The molecule has 1 aromatic rings. The number of hydrogen-bond acceptors (Lipinski definition) is 5. The van der Waals surface area contributed by atoms with Crippen LogP contribution in [0.15, 0.2) is 6.20 Å². The molecule has 0 radical (unpaired) electrons. The monoisotopic (exact) mass is 267 g/mol. The van der Waals surface area contributed by atoms with Gasteiger partial charge in [-0.3, -0.25) is 4.79 Å². The number of anilines is 2. The van der Waals surface area contributed by atoms with Crippen molar-refractivity contribution in [2.75, 3.05) is 43.4 Å². The first-order valence-electron chi connectivity index (χ1n) is 6.32. The highest BCUT2D eigenvalue weighted by Crippen LogP contribution is 2.19. The Labute approximate surface area is 111 Å². The fourth-order valence-corrected chi connectivity index (χ4v) is 2.14. The molecular formula is C12H18FN5O. The van der Waals surface area contributed by atoms with Crippen molar-refractivity contribution >= 4 is 17.7 Å². The van der Waals surface area contributed by atoms with Crippen LogP contribution in [0.5, 0.6) is 0 Å². The first kappa shape index (κ1) is 13.5. The number of rotatable bonds is 2. The van der Waals surface area contributed by atoms with Crippen LogP contribution in [0.3, 0.4) is 0 Å². The number of hydrogen-bond donors (Lipinski definition) is 1. The molecule has 1 aliphatic heterocycles. The van der Waals surface area contributed by atoms with Gasteiger partial charge < -0.3 is 15.1 Å². The molecule has 0 atom stereocenters. The summed E-state index contributed by atoms with van der Waals surface area (Å²) in [7, 11) is 1.69. The van der Waals surface area contributed by atoms with Crippen LogP contribution in [-0.2, 0) is 4.79 Å². The molecular weight excluding hydrogens is 249 g/mol. The van der Waals surface area contributed by atoms with E-state index in [9.17, 15) is 9.18 Å². The highest BCUT2D eigenvalue weighted by molar-refractivity contribution is 5.73. The highest BCUT2D eigenvalue weighted by Gasteiger charge is 2.20. The second kappa shape index (κ2) is 5.81. The van der Waals surface area contributed by atoms with Crippen LogP contribution in [0, 0.1) is 5.82 Å². The van der Waals surface area contributed by atoms with E-state index in [1.54, 1.807) is 18.9 Å². The average molecular weight is 267 g/mol. The molecule has 7 heteroatoms. The number of halogens is 1. The summed E-state index contributed by atoms with van der Waals surface area (Å²) in [6.45, 7) is 4.11. The third-order valence-corrected chi connectivity index (χ3v) is 3.19. The van der Waals surface area contributed by atoms with Gasteiger partial charge in [0.1, 0.15) is 0 Å². The Morgan fingerprint density at radius 1 is 1.37 bits per heavy atom. The zero-order valence-corrected chi connectivity index (χ0v) is 11.2. The summed E-state index contributed by atoms with van der Waals surface area (Å²) in [6.07, 6.45) is 1.97. The molecule has 1 N–H and O–H groups in total. The van der Waals surface area contributed by atoms with E-state index in [0.717, 1.165) is 6.42 Å². The predicted octanol–water partition coefficient (Wildman–Crippen LogP) is 0.716. The van der Waals surface area contributed by atoms with Gasteiger partial charge in [0.2, 0.25) is 11.9 Å². The van der Waals surface area contributed by atoms with Gasteiger partial charge in [0.25, 0.3) is 0 Å². The molecule has 0 aromatic carbocycles. The van der Waals surface area contributed by atoms with Crippen LogP contribution in [0.4, 0.5) is 16.2 Å². The minimum Gasteiger partial charge on any atom is -0.357 e. The molecule has 2 rings (SSSR count). The number of nitrogens with zero attached hydrogens (tertiary/aromatic N) is 4. The summed E-state index contributed by atoms with van der Waals surface area (Å²) in [4.78, 5) is 23.0. The van der Waals surface area contributed by atoms with E-state index in [1.165, 1.54) is 6.20 Å². The largest absolute Gasteiger partial charge is 0.357 e. The fourth-order valence-electron chi connectivity index (χ4n) is 2.14. The Morgan fingerprint density at radius 3 is 2.84 bits per heavy atom. The lowest BCUT2D eigenvalue weighted by Crippen LogP contribution is -2.34. The van der Waals surface area contributed by atoms with Gasteiger partial charge >= 0.3 is 0 Å². The second-order valence-electron chi connectivity index (χ2n) is 4.46. The zero-order valence-electron chi connectivity index (χ0n) is 11.2. The number of carbonyl (C=O) groups excluding carboxylic acids is 1. The molecule has 6 nitrogen and oxygen atoms in total. The molecule has 2 heterocycles. The first-order chi connectivity index (χ1) is 9.11. The van der Waals surface area contributed by atoms with E-state index >= 15 is 0 Å². The van der Waals surface area contributed by atoms with Crippen molar-refractivity contribution in [1.29, 1.82) is 0 Å². The summed E-state index contributed by atoms with van der Waals surface area (Å²) < 4.78 is 13.8. The molecule has 1 amide bonds. The third kappa shape index (κ3) is 3.10. The van der Waals surface area contributed by atoms with Crippen molar-refractivity contribution in [2.24, 2.45) is 0 Å². The van der Waals surface area contributed by atoms with Crippen LogP contribution < -0.4 is 10.2 Å². The standard InChI is InChI=1S/C12H18FN5O/c1-9(19)17-4-3-5-18(7-6-17)11-10(13)8-15-12(14-2)16-11/h8H,3-7H2,1-2H3,(H,14,15,16). The van der Waals surface area contributed by atoms with Crippen LogP contribution in [0.2, 0.25) is 0 Å². The average Bonchev–Trinajstić information content (AvgIpc) is 2.65. The number of amides is 1. The molecule has 0 aliphatic carbocycles. The molecule has 0 bridgehead atoms. The molecule has 0 spiro atoms. The lowest BCUT2D eigenvalue weighted by Gasteiger charge is -2.22. The molecule has 1 aliphatic rings. The normalized spacial score (nSPS) is 16.2. The smallest absolute Gasteiger partial charge is 0.224 e. The summed E-state index contributed by atoms with van der Waals surface area (Å²) in [5, 5.41) is 2.80. The quantitative estimate of drug-likeness (QED) is 0.855. The maximum atomic E-state index is 13.8. The lowest BCUT2D eigenvalue weighted by molar-refractivity contribution is -0.128. The van der Waals surface area contributed by atoms with Crippen molar-refractivity contribution in [3.05, 3.63) is 12.0 Å². The molecule has 19 heavy (non-hydrogen) atoms. The highest BCUT2D eigenvalue weighted by atomic mass is 19.1. The molecule has 1 aromatic heterocycles.